The molecule has 118 valence electrons. The highest BCUT2D eigenvalue weighted by atomic mass is 32.2. The van der Waals surface area contributed by atoms with Crippen LogP contribution in [0.3, 0.4) is 0 Å². The van der Waals surface area contributed by atoms with Crippen LogP contribution < -0.4 is 10.5 Å². The summed E-state index contributed by atoms with van der Waals surface area (Å²) in [6, 6.07) is 4.59. The molecule has 1 aliphatic rings. The minimum Gasteiger partial charge on any atom is -0.495 e. The average molecular weight is 312 g/mol. The van der Waals surface area contributed by atoms with Gasteiger partial charge in [-0.15, -0.1) is 0 Å². The van der Waals surface area contributed by atoms with Gasteiger partial charge in [0.1, 0.15) is 5.75 Å². The number of hydrogen-bond acceptors (Lipinski definition) is 4. The van der Waals surface area contributed by atoms with Crippen molar-refractivity contribution in [1.82, 2.24) is 4.31 Å². The fraction of sp³-hybridized carbons (Fsp3) is 0.600. The van der Waals surface area contributed by atoms with Crippen LogP contribution >= 0.6 is 0 Å². The van der Waals surface area contributed by atoms with Crippen LogP contribution in [0.5, 0.6) is 5.75 Å². The summed E-state index contributed by atoms with van der Waals surface area (Å²) < 4.78 is 31.8. The number of rotatable bonds is 5. The third-order valence-corrected chi connectivity index (χ3v) is 5.97. The van der Waals surface area contributed by atoms with E-state index in [0.717, 1.165) is 12.8 Å². The predicted molar refractivity (Wildman–Crippen MR) is 83.8 cm³/mol. The lowest BCUT2D eigenvalue weighted by Gasteiger charge is -2.26. The Morgan fingerprint density at radius 2 is 1.95 bits per heavy atom. The Hall–Kier alpha value is -1.27. The fourth-order valence-electron chi connectivity index (χ4n) is 2.86. The molecule has 0 aliphatic heterocycles. The van der Waals surface area contributed by atoms with Gasteiger partial charge in [-0.25, -0.2) is 12.7 Å². The molecule has 0 heterocycles. The number of hydrogen-bond donors (Lipinski definition) is 1. The van der Waals surface area contributed by atoms with Gasteiger partial charge in [0.15, 0.2) is 0 Å². The summed E-state index contributed by atoms with van der Waals surface area (Å²) >= 11 is 0. The van der Waals surface area contributed by atoms with Crippen LogP contribution in [0, 0.1) is 5.92 Å². The fourth-order valence-corrected chi connectivity index (χ4v) is 4.13. The molecule has 0 atom stereocenters. The first-order valence-electron chi connectivity index (χ1n) is 7.35. The lowest BCUT2D eigenvalue weighted by atomic mass is 9.89. The predicted octanol–water partition coefficient (Wildman–Crippen LogP) is 2.48. The van der Waals surface area contributed by atoms with Gasteiger partial charge in [-0.1, -0.05) is 19.3 Å². The van der Waals surface area contributed by atoms with E-state index in [-0.39, 0.29) is 4.90 Å². The Bertz CT molecular complexity index is 581. The molecule has 0 saturated heterocycles. The summed E-state index contributed by atoms with van der Waals surface area (Å²) in [5.41, 5.74) is 6.17. The molecule has 1 aromatic rings. The van der Waals surface area contributed by atoms with E-state index in [0.29, 0.717) is 23.9 Å². The Labute approximate surface area is 127 Å². The van der Waals surface area contributed by atoms with Crippen molar-refractivity contribution in [1.29, 1.82) is 0 Å². The number of nitrogens with two attached hydrogens (primary N) is 1. The van der Waals surface area contributed by atoms with Gasteiger partial charge in [0.05, 0.1) is 17.7 Å². The van der Waals surface area contributed by atoms with Gasteiger partial charge in [-0.05, 0) is 30.9 Å². The minimum absolute atomic E-state index is 0.229. The molecule has 6 heteroatoms. The number of nitrogen functional groups attached to an aromatic ring is 1. The molecule has 0 aromatic heterocycles. The lowest BCUT2D eigenvalue weighted by Crippen LogP contribution is -2.32. The third-order valence-electron chi connectivity index (χ3n) is 4.15. The number of benzene rings is 1. The third kappa shape index (κ3) is 3.68. The van der Waals surface area contributed by atoms with Gasteiger partial charge in [0.2, 0.25) is 10.0 Å². The van der Waals surface area contributed by atoms with Gasteiger partial charge in [0, 0.05) is 19.7 Å². The summed E-state index contributed by atoms with van der Waals surface area (Å²) in [6.07, 6.45) is 5.90. The van der Waals surface area contributed by atoms with Crippen LogP contribution in [0.25, 0.3) is 0 Å². The van der Waals surface area contributed by atoms with E-state index in [9.17, 15) is 8.42 Å². The van der Waals surface area contributed by atoms with E-state index in [2.05, 4.69) is 0 Å². The average Bonchev–Trinajstić information content (AvgIpc) is 2.48. The van der Waals surface area contributed by atoms with E-state index >= 15 is 0 Å². The zero-order valence-corrected chi connectivity index (χ0v) is 13.5. The number of anilines is 1. The van der Waals surface area contributed by atoms with E-state index in [4.69, 9.17) is 10.5 Å². The molecular formula is C15H24N2O3S. The molecule has 1 aliphatic carbocycles. The zero-order chi connectivity index (χ0) is 15.5. The van der Waals surface area contributed by atoms with Crippen LogP contribution in [0.4, 0.5) is 5.69 Å². The molecule has 0 amide bonds. The van der Waals surface area contributed by atoms with Crippen LogP contribution in [0.1, 0.15) is 32.1 Å². The molecule has 0 unspecified atom stereocenters. The normalized spacial score (nSPS) is 17.1. The largest absolute Gasteiger partial charge is 0.495 e. The molecule has 0 spiro atoms. The molecule has 1 aromatic carbocycles. The van der Waals surface area contributed by atoms with Crippen LogP contribution in [-0.2, 0) is 10.0 Å². The smallest absolute Gasteiger partial charge is 0.242 e. The minimum atomic E-state index is -3.49. The second-order valence-electron chi connectivity index (χ2n) is 5.69. The lowest BCUT2D eigenvalue weighted by molar-refractivity contribution is 0.300. The van der Waals surface area contributed by atoms with Crippen molar-refractivity contribution in [2.24, 2.45) is 5.92 Å². The highest BCUT2D eigenvalue weighted by Crippen LogP contribution is 2.28. The molecular weight excluding hydrogens is 288 g/mol. The highest BCUT2D eigenvalue weighted by molar-refractivity contribution is 7.89. The Kier molecular flexibility index (Phi) is 5.11. The number of nitrogens with zero attached hydrogens (tertiary/aromatic N) is 1. The quantitative estimate of drug-likeness (QED) is 0.848. The highest BCUT2D eigenvalue weighted by Gasteiger charge is 2.25. The van der Waals surface area contributed by atoms with Gasteiger partial charge < -0.3 is 10.5 Å². The first-order valence-corrected chi connectivity index (χ1v) is 8.79. The van der Waals surface area contributed by atoms with Gasteiger partial charge in [0.25, 0.3) is 0 Å². The molecule has 0 radical (unpaired) electrons. The van der Waals surface area contributed by atoms with Gasteiger partial charge >= 0.3 is 0 Å². The zero-order valence-electron chi connectivity index (χ0n) is 12.7. The Morgan fingerprint density at radius 1 is 1.29 bits per heavy atom. The van der Waals surface area contributed by atoms with Crippen molar-refractivity contribution >= 4 is 15.7 Å². The number of methoxy groups -OCH3 is 1. The Morgan fingerprint density at radius 3 is 2.57 bits per heavy atom. The molecule has 21 heavy (non-hydrogen) atoms. The standard InChI is InChI=1S/C15H24N2O3S/c1-17(11-12-6-4-3-5-7-12)21(18,19)13-8-9-14(16)15(10-13)20-2/h8-10,12H,3-7,11,16H2,1-2H3. The second kappa shape index (κ2) is 6.66. The summed E-state index contributed by atoms with van der Waals surface area (Å²) in [4.78, 5) is 0.229. The van der Waals surface area contributed by atoms with Gasteiger partial charge in [-0.3, -0.25) is 0 Å². The first kappa shape index (κ1) is 16.1. The Balaban J connectivity index is 2.16. The van der Waals surface area contributed by atoms with Crippen molar-refractivity contribution in [2.45, 2.75) is 37.0 Å². The number of ether oxygens (including phenoxy) is 1. The van der Waals surface area contributed by atoms with Crippen molar-refractivity contribution < 1.29 is 13.2 Å². The molecule has 2 rings (SSSR count). The van der Waals surface area contributed by atoms with Crippen molar-refractivity contribution in [3.05, 3.63) is 18.2 Å². The van der Waals surface area contributed by atoms with E-state index in [1.54, 1.807) is 13.1 Å². The topological polar surface area (TPSA) is 72.6 Å². The van der Waals surface area contributed by atoms with Crippen LogP contribution in [0.15, 0.2) is 23.1 Å². The molecule has 0 bridgehead atoms. The molecule has 1 fully saturated rings. The van der Waals surface area contributed by atoms with Gasteiger partial charge in [-0.2, -0.15) is 0 Å². The summed E-state index contributed by atoms with van der Waals surface area (Å²) in [6.45, 7) is 0.578. The van der Waals surface area contributed by atoms with Crippen LogP contribution in [0.2, 0.25) is 0 Å². The number of sulfonamides is 1. The van der Waals surface area contributed by atoms with Crippen molar-refractivity contribution in [3.8, 4) is 5.75 Å². The molecule has 5 nitrogen and oxygen atoms in total. The monoisotopic (exact) mass is 312 g/mol. The summed E-state index contributed by atoms with van der Waals surface area (Å²) in [5, 5.41) is 0. The SMILES string of the molecule is COc1cc(S(=O)(=O)N(C)CC2CCCCC2)ccc1N. The maximum absolute atomic E-state index is 12.6. The summed E-state index contributed by atoms with van der Waals surface area (Å²) in [7, 11) is -0.364. The van der Waals surface area contributed by atoms with E-state index < -0.39 is 10.0 Å². The van der Waals surface area contributed by atoms with Crippen molar-refractivity contribution in [2.75, 3.05) is 26.4 Å². The van der Waals surface area contributed by atoms with Crippen LogP contribution in [-0.4, -0.2) is 33.4 Å². The second-order valence-corrected chi connectivity index (χ2v) is 7.74. The maximum Gasteiger partial charge on any atom is 0.242 e. The summed E-state index contributed by atoms with van der Waals surface area (Å²) in [5.74, 6) is 0.858. The van der Waals surface area contributed by atoms with E-state index in [1.165, 1.54) is 42.8 Å². The first-order chi connectivity index (χ1) is 9.95. The molecule has 1 saturated carbocycles. The molecule has 2 N–H and O–H groups in total. The van der Waals surface area contributed by atoms with E-state index in [1.807, 2.05) is 0 Å². The van der Waals surface area contributed by atoms with Crippen molar-refractivity contribution in [3.63, 3.8) is 0 Å². The maximum atomic E-state index is 12.6.